The Bertz CT molecular complexity index is 613. The van der Waals surface area contributed by atoms with E-state index in [9.17, 15) is 9.59 Å². The number of benzene rings is 1. The third-order valence-electron chi connectivity index (χ3n) is 2.72. The quantitative estimate of drug-likeness (QED) is 0.832. The van der Waals surface area contributed by atoms with E-state index < -0.39 is 5.97 Å². The molecule has 1 N–H and O–H groups in total. The SMILES string of the molecule is O=C(COC(=O)c1ccsc1)NCCc1cccc(Cl)c1. The second-order valence-electron chi connectivity index (χ2n) is 4.32. The highest BCUT2D eigenvalue weighted by atomic mass is 35.5. The van der Waals surface area contributed by atoms with E-state index in [1.54, 1.807) is 22.9 Å². The number of nitrogens with one attached hydrogen (secondary N) is 1. The first-order valence-corrected chi connectivity index (χ1v) is 7.67. The van der Waals surface area contributed by atoms with Gasteiger partial charge in [-0.05, 0) is 35.6 Å². The zero-order chi connectivity index (χ0) is 15.1. The van der Waals surface area contributed by atoms with E-state index >= 15 is 0 Å². The van der Waals surface area contributed by atoms with Crippen molar-refractivity contribution in [3.8, 4) is 0 Å². The Morgan fingerprint density at radius 1 is 1.29 bits per heavy atom. The number of halogens is 1. The highest BCUT2D eigenvalue weighted by molar-refractivity contribution is 7.08. The molecule has 0 aliphatic heterocycles. The van der Waals surface area contributed by atoms with Crippen LogP contribution >= 0.6 is 22.9 Å². The summed E-state index contributed by atoms with van der Waals surface area (Å²) in [7, 11) is 0. The van der Waals surface area contributed by atoms with E-state index in [1.165, 1.54) is 11.3 Å². The molecule has 2 rings (SSSR count). The molecule has 0 saturated carbocycles. The fourth-order valence-electron chi connectivity index (χ4n) is 1.68. The Labute approximate surface area is 131 Å². The number of ether oxygens (including phenoxy) is 1. The molecule has 1 heterocycles. The zero-order valence-corrected chi connectivity index (χ0v) is 12.7. The number of carbonyl (C=O) groups is 2. The van der Waals surface area contributed by atoms with Crippen molar-refractivity contribution in [2.45, 2.75) is 6.42 Å². The van der Waals surface area contributed by atoms with E-state index in [0.717, 1.165) is 5.56 Å². The predicted molar refractivity (Wildman–Crippen MR) is 82.8 cm³/mol. The molecule has 2 aromatic rings. The zero-order valence-electron chi connectivity index (χ0n) is 11.2. The summed E-state index contributed by atoms with van der Waals surface area (Å²) < 4.78 is 4.90. The fourth-order valence-corrected chi connectivity index (χ4v) is 2.52. The van der Waals surface area contributed by atoms with Gasteiger partial charge < -0.3 is 10.1 Å². The largest absolute Gasteiger partial charge is 0.452 e. The molecule has 0 spiro atoms. The van der Waals surface area contributed by atoms with Crippen LogP contribution in [0.3, 0.4) is 0 Å². The molecule has 1 aromatic carbocycles. The van der Waals surface area contributed by atoms with Crippen molar-refractivity contribution in [2.24, 2.45) is 0 Å². The van der Waals surface area contributed by atoms with Gasteiger partial charge in [-0.1, -0.05) is 23.7 Å². The summed E-state index contributed by atoms with van der Waals surface area (Å²) in [5.74, 6) is -0.804. The van der Waals surface area contributed by atoms with Crippen LogP contribution < -0.4 is 5.32 Å². The maximum Gasteiger partial charge on any atom is 0.339 e. The number of rotatable bonds is 6. The van der Waals surface area contributed by atoms with Gasteiger partial charge in [-0.15, -0.1) is 0 Å². The topological polar surface area (TPSA) is 55.4 Å². The Morgan fingerprint density at radius 2 is 2.14 bits per heavy atom. The van der Waals surface area contributed by atoms with Gasteiger partial charge in [-0.2, -0.15) is 11.3 Å². The molecule has 6 heteroatoms. The highest BCUT2D eigenvalue weighted by Crippen LogP contribution is 2.10. The lowest BCUT2D eigenvalue weighted by molar-refractivity contribution is -0.124. The molecule has 0 bridgehead atoms. The molecular weight excluding hydrogens is 310 g/mol. The molecule has 21 heavy (non-hydrogen) atoms. The molecule has 0 fully saturated rings. The van der Waals surface area contributed by atoms with Crippen molar-refractivity contribution in [3.63, 3.8) is 0 Å². The van der Waals surface area contributed by atoms with Gasteiger partial charge in [0.15, 0.2) is 6.61 Å². The number of hydrogen-bond donors (Lipinski definition) is 1. The molecule has 0 saturated heterocycles. The molecule has 4 nitrogen and oxygen atoms in total. The Hall–Kier alpha value is -1.85. The van der Waals surface area contributed by atoms with Crippen molar-refractivity contribution in [3.05, 3.63) is 57.2 Å². The van der Waals surface area contributed by atoms with E-state index in [-0.39, 0.29) is 12.5 Å². The molecule has 110 valence electrons. The molecule has 1 amide bonds. The summed E-state index contributed by atoms with van der Waals surface area (Å²) in [6, 6.07) is 9.11. The minimum Gasteiger partial charge on any atom is -0.452 e. The predicted octanol–water partition coefficient (Wildman–Crippen LogP) is 2.92. The Morgan fingerprint density at radius 3 is 2.86 bits per heavy atom. The minimum atomic E-state index is -0.485. The van der Waals surface area contributed by atoms with Crippen LogP contribution in [0.2, 0.25) is 5.02 Å². The normalized spacial score (nSPS) is 10.1. The first kappa shape index (κ1) is 15.5. The van der Waals surface area contributed by atoms with Crippen LogP contribution in [0.4, 0.5) is 0 Å². The van der Waals surface area contributed by atoms with E-state index in [2.05, 4.69) is 5.32 Å². The average Bonchev–Trinajstić information content (AvgIpc) is 2.99. The maximum atomic E-state index is 11.6. The number of thiophene rings is 1. The molecular formula is C15H14ClNO3S. The molecule has 0 radical (unpaired) electrons. The molecule has 1 aromatic heterocycles. The fraction of sp³-hybridized carbons (Fsp3) is 0.200. The lowest BCUT2D eigenvalue weighted by Crippen LogP contribution is -2.30. The van der Waals surface area contributed by atoms with Crippen molar-refractivity contribution < 1.29 is 14.3 Å². The third kappa shape index (κ3) is 5.21. The van der Waals surface area contributed by atoms with E-state index in [1.807, 2.05) is 18.2 Å². The molecule has 0 atom stereocenters. The second kappa shape index (κ2) is 7.81. The van der Waals surface area contributed by atoms with Crippen molar-refractivity contribution >= 4 is 34.8 Å². The number of hydrogen-bond acceptors (Lipinski definition) is 4. The van der Waals surface area contributed by atoms with Crippen LogP contribution in [-0.4, -0.2) is 25.0 Å². The maximum absolute atomic E-state index is 11.6. The van der Waals surface area contributed by atoms with Gasteiger partial charge in [-0.25, -0.2) is 4.79 Å². The first-order chi connectivity index (χ1) is 10.1. The summed E-state index contributed by atoms with van der Waals surface area (Å²) in [6.07, 6.45) is 0.671. The van der Waals surface area contributed by atoms with Gasteiger partial charge in [0.25, 0.3) is 5.91 Å². The number of esters is 1. The van der Waals surface area contributed by atoms with E-state index in [4.69, 9.17) is 16.3 Å². The smallest absolute Gasteiger partial charge is 0.339 e. The van der Waals surface area contributed by atoms with Gasteiger partial charge >= 0.3 is 5.97 Å². The second-order valence-corrected chi connectivity index (χ2v) is 5.53. The lowest BCUT2D eigenvalue weighted by Gasteiger charge is -2.06. The van der Waals surface area contributed by atoms with Gasteiger partial charge in [0, 0.05) is 16.9 Å². The molecule has 0 aliphatic rings. The summed E-state index contributed by atoms with van der Waals surface area (Å²) in [5, 5.41) is 6.82. The minimum absolute atomic E-state index is 0.274. The van der Waals surface area contributed by atoms with Crippen LogP contribution in [0.25, 0.3) is 0 Å². The number of carbonyl (C=O) groups excluding carboxylic acids is 2. The van der Waals surface area contributed by atoms with Crippen LogP contribution in [0.5, 0.6) is 0 Å². The Kier molecular flexibility index (Phi) is 5.78. The van der Waals surface area contributed by atoms with Crippen LogP contribution in [0.15, 0.2) is 41.1 Å². The van der Waals surface area contributed by atoms with Crippen LogP contribution in [0, 0.1) is 0 Å². The van der Waals surface area contributed by atoms with Crippen LogP contribution in [0.1, 0.15) is 15.9 Å². The van der Waals surface area contributed by atoms with Crippen molar-refractivity contribution in [1.82, 2.24) is 5.32 Å². The van der Waals surface area contributed by atoms with Crippen LogP contribution in [-0.2, 0) is 16.0 Å². The Balaban J connectivity index is 1.67. The van der Waals surface area contributed by atoms with Gasteiger partial charge in [-0.3, -0.25) is 4.79 Å². The van der Waals surface area contributed by atoms with Gasteiger partial charge in [0.05, 0.1) is 5.56 Å². The highest BCUT2D eigenvalue weighted by Gasteiger charge is 2.09. The third-order valence-corrected chi connectivity index (χ3v) is 3.63. The summed E-state index contributed by atoms with van der Waals surface area (Å²) >= 11 is 7.28. The molecule has 0 unspecified atom stereocenters. The molecule has 0 aliphatic carbocycles. The number of amides is 1. The summed E-state index contributed by atoms with van der Waals surface area (Å²) in [5.41, 5.74) is 1.50. The van der Waals surface area contributed by atoms with Crippen molar-refractivity contribution in [2.75, 3.05) is 13.2 Å². The van der Waals surface area contributed by atoms with Gasteiger partial charge in [0.1, 0.15) is 0 Å². The lowest BCUT2D eigenvalue weighted by atomic mass is 10.1. The average molecular weight is 324 g/mol. The summed E-state index contributed by atoms with van der Waals surface area (Å²) in [4.78, 5) is 23.1. The van der Waals surface area contributed by atoms with E-state index in [0.29, 0.717) is 23.6 Å². The standard InChI is InChI=1S/C15H14ClNO3S/c16-13-3-1-2-11(8-13)4-6-17-14(18)9-20-15(19)12-5-7-21-10-12/h1-3,5,7-8,10H,4,6,9H2,(H,17,18). The monoisotopic (exact) mass is 323 g/mol. The summed E-state index contributed by atoms with van der Waals surface area (Å²) in [6.45, 7) is 0.194. The van der Waals surface area contributed by atoms with Crippen molar-refractivity contribution in [1.29, 1.82) is 0 Å². The first-order valence-electron chi connectivity index (χ1n) is 6.35. The van der Waals surface area contributed by atoms with Gasteiger partial charge in [0.2, 0.25) is 0 Å².